The van der Waals surface area contributed by atoms with E-state index in [2.05, 4.69) is 0 Å². The lowest BCUT2D eigenvalue weighted by atomic mass is 9.69. The highest BCUT2D eigenvalue weighted by molar-refractivity contribution is 6.03. The van der Waals surface area contributed by atoms with Gasteiger partial charge in [-0.1, -0.05) is 6.92 Å². The molecule has 1 aromatic carbocycles. The van der Waals surface area contributed by atoms with Gasteiger partial charge in [-0.3, -0.25) is 18.8 Å². The highest BCUT2D eigenvalue weighted by Gasteiger charge is 2.49. The van der Waals surface area contributed by atoms with Crippen molar-refractivity contribution < 1.29 is 39.2 Å². The number of halogens is 1. The number of aliphatic hydroxyl groups excluding tert-OH is 2. The van der Waals surface area contributed by atoms with E-state index in [1.54, 1.807) is 25.9 Å². The maximum atomic E-state index is 13.5. The van der Waals surface area contributed by atoms with Crippen LogP contribution in [-0.4, -0.2) is 103 Å². The summed E-state index contributed by atoms with van der Waals surface area (Å²) in [6.07, 6.45) is 0.548. The van der Waals surface area contributed by atoms with Gasteiger partial charge in [-0.05, 0) is 68.8 Å². The summed E-state index contributed by atoms with van der Waals surface area (Å²) in [6.45, 7) is -0.136. The predicted octanol–water partition coefficient (Wildman–Crippen LogP) is 0.838. The predicted molar refractivity (Wildman–Crippen MR) is 146 cm³/mol. The number of rotatable bonds is 15. The number of anilines is 1. The summed E-state index contributed by atoms with van der Waals surface area (Å²) in [7, 11) is 6.94. The van der Waals surface area contributed by atoms with E-state index in [4.69, 9.17) is 5.73 Å². The molecule has 220 valence electrons. The van der Waals surface area contributed by atoms with Gasteiger partial charge < -0.3 is 36.0 Å². The Balaban J connectivity index is 2.53. The molecule has 1 aliphatic rings. The quantitative estimate of drug-likeness (QED) is 0.198. The number of fused-ring (bicyclic) bond motifs is 1. The molecule has 1 aromatic rings. The van der Waals surface area contributed by atoms with Crippen LogP contribution in [0.1, 0.15) is 54.1 Å². The molecule has 0 spiro atoms. The van der Waals surface area contributed by atoms with Gasteiger partial charge in [0.1, 0.15) is 5.75 Å². The van der Waals surface area contributed by atoms with Crippen LogP contribution in [0.25, 0.3) is 0 Å². The van der Waals surface area contributed by atoms with Crippen LogP contribution in [0.3, 0.4) is 0 Å². The van der Waals surface area contributed by atoms with E-state index in [9.17, 15) is 39.2 Å². The number of phenolic OH excluding ortho intramolecular Hbond substituents is 1. The number of ketones is 2. The van der Waals surface area contributed by atoms with Crippen LogP contribution >= 0.6 is 0 Å². The van der Waals surface area contributed by atoms with E-state index in [0.717, 1.165) is 5.69 Å². The first kappa shape index (κ1) is 32.6. The number of hydrogen-bond acceptors (Lipinski definition) is 9. The summed E-state index contributed by atoms with van der Waals surface area (Å²) in [5, 5.41) is 42.7. The van der Waals surface area contributed by atoms with Crippen molar-refractivity contribution in [1.29, 1.82) is 0 Å². The SMILES string of the molecule is CC(CF)CCc1cc(N(C)C)c2c(c1O)C(=O)CC(C[C@@H](C(CO)N(C)C)[C@](O)(CO)C(=O)CC(N)=O)C2. The first-order valence-electron chi connectivity index (χ1n) is 13.3. The van der Waals surface area contributed by atoms with E-state index >= 15 is 0 Å². The summed E-state index contributed by atoms with van der Waals surface area (Å²) >= 11 is 0. The van der Waals surface area contributed by atoms with Gasteiger partial charge in [0, 0.05) is 38.2 Å². The van der Waals surface area contributed by atoms with Gasteiger partial charge in [0.05, 0.1) is 31.9 Å². The van der Waals surface area contributed by atoms with Crippen LogP contribution in [0.5, 0.6) is 5.75 Å². The summed E-state index contributed by atoms with van der Waals surface area (Å²) in [5.74, 6) is -3.94. The number of carbonyl (C=O) groups is 3. The molecule has 6 N–H and O–H groups in total. The molecule has 39 heavy (non-hydrogen) atoms. The highest BCUT2D eigenvalue weighted by atomic mass is 19.1. The summed E-state index contributed by atoms with van der Waals surface area (Å²) < 4.78 is 13.0. The number of nitrogens with two attached hydrogens (primary N) is 1. The van der Waals surface area contributed by atoms with E-state index in [-0.39, 0.29) is 35.9 Å². The monoisotopic (exact) mass is 553 g/mol. The minimum absolute atomic E-state index is 0.00532. The van der Waals surface area contributed by atoms with Crippen molar-refractivity contribution in [3.8, 4) is 5.75 Å². The van der Waals surface area contributed by atoms with E-state index in [1.807, 2.05) is 25.1 Å². The fourth-order valence-corrected chi connectivity index (χ4v) is 5.62. The fourth-order valence-electron chi connectivity index (χ4n) is 5.62. The van der Waals surface area contributed by atoms with Crippen LogP contribution < -0.4 is 10.6 Å². The van der Waals surface area contributed by atoms with Crippen molar-refractivity contribution in [2.24, 2.45) is 23.5 Å². The largest absolute Gasteiger partial charge is 0.507 e. The second-order valence-corrected chi connectivity index (χ2v) is 11.4. The molecule has 0 fully saturated rings. The zero-order valence-electron chi connectivity index (χ0n) is 23.6. The Bertz CT molecular complexity index is 1050. The number of primary amides is 1. The highest BCUT2D eigenvalue weighted by Crippen LogP contribution is 2.43. The van der Waals surface area contributed by atoms with Crippen molar-refractivity contribution in [3.63, 3.8) is 0 Å². The van der Waals surface area contributed by atoms with Gasteiger partial charge in [0.2, 0.25) is 5.91 Å². The standard InChI is InChI=1S/C28H44FN3O7/c1-16(13-29)6-7-18-11-21(31(2)3)19-8-17(10-23(35)26(19)27(18)38)9-20(22(14-33)32(4)5)28(39,15-34)24(36)12-25(30)37/h11,16-17,20,22,33-34,38-39H,6-10,12-15H2,1-5H3,(H2,30,37)/t16?,17?,20-,22?,28+/m0/s1. The lowest BCUT2D eigenvalue weighted by Gasteiger charge is -2.42. The van der Waals surface area contributed by atoms with Crippen molar-refractivity contribution in [2.45, 2.75) is 57.1 Å². The Labute approximate surface area is 229 Å². The fraction of sp³-hybridized carbons (Fsp3) is 0.679. The maximum absolute atomic E-state index is 13.5. The first-order valence-corrected chi connectivity index (χ1v) is 13.3. The molecule has 1 aliphatic carbocycles. The number of nitrogens with zero attached hydrogens (tertiary/aromatic N) is 2. The molecule has 0 bridgehead atoms. The Morgan fingerprint density at radius 2 is 1.85 bits per heavy atom. The minimum Gasteiger partial charge on any atom is -0.507 e. The molecule has 0 saturated heterocycles. The number of amides is 1. The van der Waals surface area contributed by atoms with Gasteiger partial charge >= 0.3 is 0 Å². The average molecular weight is 554 g/mol. The molecule has 0 heterocycles. The van der Waals surface area contributed by atoms with E-state index < -0.39 is 61.5 Å². The minimum atomic E-state index is -2.38. The lowest BCUT2D eigenvalue weighted by Crippen LogP contribution is -2.58. The third-order valence-electron chi connectivity index (χ3n) is 7.93. The zero-order valence-corrected chi connectivity index (χ0v) is 23.6. The Morgan fingerprint density at radius 3 is 2.33 bits per heavy atom. The van der Waals surface area contributed by atoms with Crippen molar-refractivity contribution >= 4 is 23.2 Å². The van der Waals surface area contributed by atoms with Crippen LogP contribution in [0.15, 0.2) is 6.07 Å². The van der Waals surface area contributed by atoms with Crippen molar-refractivity contribution in [1.82, 2.24) is 4.90 Å². The van der Waals surface area contributed by atoms with Gasteiger partial charge in [-0.15, -0.1) is 0 Å². The number of aromatic hydroxyl groups is 1. The average Bonchev–Trinajstić information content (AvgIpc) is 2.86. The third-order valence-corrected chi connectivity index (χ3v) is 7.93. The molecule has 0 aliphatic heterocycles. The Kier molecular flexibility index (Phi) is 11.4. The molecule has 0 saturated carbocycles. The molecular formula is C28H44FN3O7. The molecule has 0 radical (unpaired) electrons. The van der Waals surface area contributed by atoms with E-state index in [1.165, 1.54) is 0 Å². The molecule has 11 heteroatoms. The van der Waals surface area contributed by atoms with Crippen molar-refractivity contribution in [3.05, 3.63) is 22.8 Å². The summed E-state index contributed by atoms with van der Waals surface area (Å²) in [5.41, 5.74) is 4.96. The van der Waals surface area contributed by atoms with Gasteiger partial charge in [0.15, 0.2) is 17.2 Å². The van der Waals surface area contributed by atoms with Crippen LogP contribution in [0, 0.1) is 17.8 Å². The first-order chi connectivity index (χ1) is 18.2. The molecule has 3 unspecified atom stereocenters. The number of aliphatic hydroxyl groups is 3. The molecule has 2 rings (SSSR count). The van der Waals surface area contributed by atoms with Gasteiger partial charge in [-0.25, -0.2) is 0 Å². The second kappa shape index (κ2) is 13.6. The number of benzene rings is 1. The van der Waals surface area contributed by atoms with Crippen molar-refractivity contribution in [2.75, 3.05) is 53.0 Å². The van der Waals surface area contributed by atoms with E-state index in [0.29, 0.717) is 30.4 Å². The normalized spacial score (nSPS) is 19.2. The Morgan fingerprint density at radius 1 is 1.21 bits per heavy atom. The number of Topliss-reactive ketones (excluding diaryl/α,β-unsaturated/α-hetero) is 2. The smallest absolute Gasteiger partial charge is 0.224 e. The second-order valence-electron chi connectivity index (χ2n) is 11.4. The molecule has 5 atom stereocenters. The molecule has 10 nitrogen and oxygen atoms in total. The number of likely N-dealkylation sites (N-methyl/N-ethyl adjacent to an activating group) is 1. The van der Waals surface area contributed by atoms with Gasteiger partial charge in [-0.2, -0.15) is 0 Å². The lowest BCUT2D eigenvalue weighted by molar-refractivity contribution is -0.157. The Hall–Kier alpha value is -2.60. The number of phenols is 1. The molecule has 0 aromatic heterocycles. The molecule has 1 amide bonds. The van der Waals surface area contributed by atoms with Crippen LogP contribution in [-0.2, 0) is 22.4 Å². The maximum Gasteiger partial charge on any atom is 0.224 e. The topological polar surface area (TPSA) is 165 Å². The van der Waals surface area contributed by atoms with Gasteiger partial charge in [0.25, 0.3) is 0 Å². The third kappa shape index (κ3) is 7.33. The zero-order chi connectivity index (χ0) is 29.7. The summed E-state index contributed by atoms with van der Waals surface area (Å²) in [4.78, 5) is 41.3. The molecular weight excluding hydrogens is 509 g/mol. The summed E-state index contributed by atoms with van der Waals surface area (Å²) in [6, 6.07) is 1.03. The number of aryl methyl sites for hydroxylation is 1. The number of alkyl halides is 1. The van der Waals surface area contributed by atoms with Crippen LogP contribution in [0.2, 0.25) is 0 Å². The van der Waals surface area contributed by atoms with Crippen LogP contribution in [0.4, 0.5) is 10.1 Å². The number of carbonyl (C=O) groups excluding carboxylic acids is 3. The number of hydrogen-bond donors (Lipinski definition) is 5.